The van der Waals surface area contributed by atoms with Crippen LogP contribution in [-0.2, 0) is 13.5 Å². The van der Waals surface area contributed by atoms with Crippen molar-refractivity contribution < 1.29 is 5.11 Å². The molecule has 2 rings (SSSR count). The van der Waals surface area contributed by atoms with Gasteiger partial charge < -0.3 is 9.67 Å². The van der Waals surface area contributed by atoms with Gasteiger partial charge in [0.25, 0.3) is 0 Å². The van der Waals surface area contributed by atoms with E-state index in [-0.39, 0.29) is 6.10 Å². The minimum Gasteiger partial charge on any atom is -0.393 e. The highest BCUT2D eigenvalue weighted by molar-refractivity contribution is 4.91. The van der Waals surface area contributed by atoms with Gasteiger partial charge in [-0.3, -0.25) is 0 Å². The first-order valence-corrected chi connectivity index (χ1v) is 6.90. The molecule has 0 aromatic carbocycles. The summed E-state index contributed by atoms with van der Waals surface area (Å²) < 4.78 is 2.03. The maximum absolute atomic E-state index is 9.96. The Hall–Kier alpha value is -0.830. The van der Waals surface area contributed by atoms with Crippen LogP contribution >= 0.6 is 0 Å². The van der Waals surface area contributed by atoms with Crippen LogP contribution < -0.4 is 0 Å². The normalized spacial score (nSPS) is 18.7. The summed E-state index contributed by atoms with van der Waals surface area (Å²) in [5.41, 5.74) is 0. The van der Waals surface area contributed by atoms with Crippen LogP contribution in [0, 0.1) is 5.92 Å². The lowest BCUT2D eigenvalue weighted by Gasteiger charge is -2.13. The number of nitrogens with zero attached hydrogens (tertiary/aromatic N) is 2. The molecule has 0 amide bonds. The Balaban J connectivity index is 1.63. The minimum atomic E-state index is -0.146. The number of hydrogen-bond donors (Lipinski definition) is 1. The molecule has 1 heterocycles. The zero-order chi connectivity index (χ0) is 12.1. The summed E-state index contributed by atoms with van der Waals surface area (Å²) in [6.07, 6.45) is 13.1. The van der Waals surface area contributed by atoms with Crippen molar-refractivity contribution in [1.82, 2.24) is 9.55 Å². The van der Waals surface area contributed by atoms with Crippen LogP contribution in [0.4, 0.5) is 0 Å². The van der Waals surface area contributed by atoms with Gasteiger partial charge in [0.15, 0.2) is 0 Å². The fourth-order valence-electron chi connectivity index (χ4n) is 2.80. The molecule has 1 N–H and O–H groups in total. The zero-order valence-electron chi connectivity index (χ0n) is 10.8. The molecule has 96 valence electrons. The van der Waals surface area contributed by atoms with Crippen LogP contribution in [0.5, 0.6) is 0 Å². The fraction of sp³-hybridized carbons (Fsp3) is 0.786. The van der Waals surface area contributed by atoms with E-state index in [0.717, 1.165) is 31.0 Å². The molecule has 1 atom stereocenters. The zero-order valence-corrected chi connectivity index (χ0v) is 10.8. The monoisotopic (exact) mass is 236 g/mol. The van der Waals surface area contributed by atoms with Gasteiger partial charge in [0.2, 0.25) is 0 Å². The molecule has 1 aliphatic rings. The summed E-state index contributed by atoms with van der Waals surface area (Å²) in [6, 6.07) is 0. The summed E-state index contributed by atoms with van der Waals surface area (Å²) in [5.74, 6) is 1.96. The van der Waals surface area contributed by atoms with E-state index in [9.17, 15) is 5.11 Å². The number of aliphatic hydroxyl groups excluding tert-OH is 1. The van der Waals surface area contributed by atoms with Gasteiger partial charge in [0.05, 0.1) is 6.10 Å². The van der Waals surface area contributed by atoms with E-state index in [2.05, 4.69) is 4.98 Å². The highest BCUT2D eigenvalue weighted by Crippen LogP contribution is 2.29. The Morgan fingerprint density at radius 1 is 1.41 bits per heavy atom. The van der Waals surface area contributed by atoms with Crippen molar-refractivity contribution in [3.8, 4) is 0 Å². The van der Waals surface area contributed by atoms with Crippen molar-refractivity contribution in [3.63, 3.8) is 0 Å². The molecule has 0 bridgehead atoms. The lowest BCUT2D eigenvalue weighted by molar-refractivity contribution is 0.144. The molecule has 0 saturated heterocycles. The van der Waals surface area contributed by atoms with E-state index < -0.39 is 0 Å². The third-order valence-corrected chi connectivity index (χ3v) is 4.01. The quantitative estimate of drug-likeness (QED) is 0.824. The summed E-state index contributed by atoms with van der Waals surface area (Å²) in [7, 11) is 2.01. The second-order valence-corrected chi connectivity index (χ2v) is 5.37. The first kappa shape index (κ1) is 12.6. The fourth-order valence-corrected chi connectivity index (χ4v) is 2.80. The molecule has 17 heavy (non-hydrogen) atoms. The number of aromatic nitrogens is 2. The first-order chi connectivity index (χ1) is 8.25. The molecule has 0 radical (unpaired) electrons. The van der Waals surface area contributed by atoms with E-state index in [4.69, 9.17) is 0 Å². The van der Waals surface area contributed by atoms with Crippen LogP contribution in [0.15, 0.2) is 12.4 Å². The third kappa shape index (κ3) is 3.84. The van der Waals surface area contributed by atoms with Crippen molar-refractivity contribution in [2.24, 2.45) is 13.0 Å². The molecule has 1 aromatic heterocycles. The van der Waals surface area contributed by atoms with Gasteiger partial charge in [0, 0.05) is 25.9 Å². The molecular formula is C14H24N2O. The molecule has 3 nitrogen and oxygen atoms in total. The Bertz CT molecular complexity index is 329. The molecule has 1 fully saturated rings. The van der Waals surface area contributed by atoms with Gasteiger partial charge >= 0.3 is 0 Å². The number of aryl methyl sites for hydroxylation is 2. The number of hydrogen-bond acceptors (Lipinski definition) is 2. The van der Waals surface area contributed by atoms with Crippen molar-refractivity contribution >= 4 is 0 Å². The second kappa shape index (κ2) is 6.20. The van der Waals surface area contributed by atoms with Crippen molar-refractivity contribution in [2.45, 2.75) is 57.5 Å². The Morgan fingerprint density at radius 3 is 2.82 bits per heavy atom. The van der Waals surface area contributed by atoms with E-state index in [0.29, 0.717) is 0 Å². The Labute approximate surface area is 104 Å². The van der Waals surface area contributed by atoms with Gasteiger partial charge in [-0.2, -0.15) is 0 Å². The van der Waals surface area contributed by atoms with Gasteiger partial charge in [-0.25, -0.2) is 4.98 Å². The Morgan fingerprint density at radius 2 is 2.18 bits per heavy atom. The van der Waals surface area contributed by atoms with Gasteiger partial charge in [-0.15, -0.1) is 0 Å². The predicted octanol–water partition coefficient (Wildman–Crippen LogP) is 2.68. The van der Waals surface area contributed by atoms with E-state index >= 15 is 0 Å². The van der Waals surface area contributed by atoms with Gasteiger partial charge in [-0.1, -0.05) is 25.7 Å². The summed E-state index contributed by atoms with van der Waals surface area (Å²) >= 11 is 0. The van der Waals surface area contributed by atoms with Crippen molar-refractivity contribution in [1.29, 1.82) is 0 Å². The standard InChI is InChI=1S/C14H24N2O/c1-16-11-10-15-14(16)9-8-13(17)7-6-12-4-2-3-5-12/h10-13,17H,2-9H2,1H3. The van der Waals surface area contributed by atoms with Crippen molar-refractivity contribution in [2.75, 3.05) is 0 Å². The third-order valence-electron chi connectivity index (χ3n) is 4.01. The number of imidazole rings is 1. The average molecular weight is 236 g/mol. The summed E-state index contributed by atoms with van der Waals surface area (Å²) in [5, 5.41) is 9.96. The van der Waals surface area contributed by atoms with Crippen LogP contribution in [0.3, 0.4) is 0 Å². The largest absolute Gasteiger partial charge is 0.393 e. The Kier molecular flexibility index (Phi) is 4.60. The van der Waals surface area contributed by atoms with Crippen LogP contribution in [-0.4, -0.2) is 20.8 Å². The molecule has 1 unspecified atom stereocenters. The van der Waals surface area contributed by atoms with Gasteiger partial charge in [0.1, 0.15) is 5.82 Å². The van der Waals surface area contributed by atoms with E-state index in [1.54, 1.807) is 0 Å². The maximum Gasteiger partial charge on any atom is 0.108 e. The first-order valence-electron chi connectivity index (χ1n) is 6.90. The van der Waals surface area contributed by atoms with Crippen molar-refractivity contribution in [3.05, 3.63) is 18.2 Å². The van der Waals surface area contributed by atoms with Crippen LogP contribution in [0.25, 0.3) is 0 Å². The molecule has 1 aliphatic carbocycles. The summed E-state index contributed by atoms with van der Waals surface area (Å²) in [4.78, 5) is 4.28. The van der Waals surface area contributed by atoms with E-state index in [1.807, 2.05) is 24.0 Å². The second-order valence-electron chi connectivity index (χ2n) is 5.37. The van der Waals surface area contributed by atoms with Crippen LogP contribution in [0.2, 0.25) is 0 Å². The lowest BCUT2D eigenvalue weighted by Crippen LogP contribution is -2.11. The predicted molar refractivity (Wildman–Crippen MR) is 68.7 cm³/mol. The van der Waals surface area contributed by atoms with E-state index in [1.165, 1.54) is 32.1 Å². The highest BCUT2D eigenvalue weighted by Gasteiger charge is 2.16. The molecular weight excluding hydrogens is 212 g/mol. The number of aliphatic hydroxyl groups is 1. The number of rotatable bonds is 6. The summed E-state index contributed by atoms with van der Waals surface area (Å²) in [6.45, 7) is 0. The lowest BCUT2D eigenvalue weighted by atomic mass is 9.98. The maximum atomic E-state index is 9.96. The minimum absolute atomic E-state index is 0.146. The molecule has 3 heteroatoms. The molecule has 1 aromatic rings. The molecule has 1 saturated carbocycles. The van der Waals surface area contributed by atoms with Gasteiger partial charge in [-0.05, 0) is 25.2 Å². The average Bonchev–Trinajstić information content (AvgIpc) is 2.95. The van der Waals surface area contributed by atoms with Crippen LogP contribution in [0.1, 0.15) is 50.8 Å². The topological polar surface area (TPSA) is 38.0 Å². The highest BCUT2D eigenvalue weighted by atomic mass is 16.3. The smallest absolute Gasteiger partial charge is 0.108 e. The molecule has 0 aliphatic heterocycles. The SMILES string of the molecule is Cn1ccnc1CCC(O)CCC1CCCC1. The molecule has 0 spiro atoms.